The van der Waals surface area contributed by atoms with E-state index in [-0.39, 0.29) is 0 Å². The molecule has 0 aliphatic heterocycles. The number of rotatable bonds is 8. The van der Waals surface area contributed by atoms with E-state index in [1.807, 2.05) is 0 Å². The van der Waals surface area contributed by atoms with Crippen molar-refractivity contribution in [3.8, 4) is 5.75 Å². The first kappa shape index (κ1) is 22.4. The van der Waals surface area contributed by atoms with E-state index in [2.05, 4.69) is 92.8 Å². The lowest BCUT2D eigenvalue weighted by Gasteiger charge is -2.25. The van der Waals surface area contributed by atoms with Gasteiger partial charge in [-0.15, -0.1) is 0 Å². The van der Waals surface area contributed by atoms with Crippen molar-refractivity contribution in [2.45, 2.75) is 46.0 Å². The van der Waals surface area contributed by atoms with Crippen LogP contribution in [0.1, 0.15) is 66.5 Å². The highest BCUT2D eigenvalue weighted by Crippen LogP contribution is 2.42. The number of likely N-dealkylation sites (N-methyl/N-ethyl adjacent to an activating group) is 1. The molecule has 0 fully saturated rings. The molecular weight excluding hydrogens is 390 g/mol. The van der Waals surface area contributed by atoms with Crippen molar-refractivity contribution in [2.75, 3.05) is 20.2 Å². The van der Waals surface area contributed by atoms with Crippen molar-refractivity contribution >= 4 is 11.1 Å². The molecule has 32 heavy (non-hydrogen) atoms. The van der Waals surface area contributed by atoms with Gasteiger partial charge in [0.15, 0.2) is 0 Å². The smallest absolute Gasteiger partial charge is 0.119 e. The Balaban J connectivity index is 1.78. The topological polar surface area (TPSA) is 21.3 Å². The zero-order valence-electron chi connectivity index (χ0n) is 19.9. The Labute approximate surface area is 193 Å². The molecule has 1 aliphatic carbocycles. The van der Waals surface area contributed by atoms with Crippen molar-refractivity contribution in [1.82, 2.24) is 5.32 Å². The maximum atomic E-state index is 5.51. The molecule has 2 heteroatoms. The third-order valence-corrected chi connectivity index (χ3v) is 6.54. The number of ether oxygens (including phenoxy) is 1. The van der Waals surface area contributed by atoms with Gasteiger partial charge in [0.1, 0.15) is 5.75 Å². The number of methoxy groups -OCH3 is 1. The van der Waals surface area contributed by atoms with Gasteiger partial charge in [-0.3, -0.25) is 0 Å². The number of nitrogens with one attached hydrogen (secondary N) is 1. The van der Waals surface area contributed by atoms with E-state index in [0.717, 1.165) is 38.1 Å². The largest absolute Gasteiger partial charge is 0.497 e. The van der Waals surface area contributed by atoms with Gasteiger partial charge in [0, 0.05) is 0 Å². The molecule has 0 aromatic heterocycles. The fourth-order valence-electron chi connectivity index (χ4n) is 4.63. The maximum absolute atomic E-state index is 5.51. The molecule has 0 spiro atoms. The summed E-state index contributed by atoms with van der Waals surface area (Å²) in [5.41, 5.74) is 10.9. The summed E-state index contributed by atoms with van der Waals surface area (Å²) in [5.74, 6) is 1.48. The number of hydrogen-bond donors (Lipinski definition) is 1. The molecule has 4 rings (SSSR count). The molecule has 0 atom stereocenters. The first-order valence-corrected chi connectivity index (χ1v) is 11.9. The molecule has 0 unspecified atom stereocenters. The summed E-state index contributed by atoms with van der Waals surface area (Å²) in [6.07, 6.45) is 3.14. The van der Waals surface area contributed by atoms with Crippen LogP contribution in [0, 0.1) is 0 Å². The van der Waals surface area contributed by atoms with Gasteiger partial charge in [0.2, 0.25) is 0 Å². The quantitative estimate of drug-likeness (QED) is 0.397. The minimum atomic E-state index is 0.548. The summed E-state index contributed by atoms with van der Waals surface area (Å²) >= 11 is 0. The highest BCUT2D eigenvalue weighted by atomic mass is 16.5. The first-order valence-electron chi connectivity index (χ1n) is 11.9. The maximum Gasteiger partial charge on any atom is 0.119 e. The predicted molar refractivity (Wildman–Crippen MR) is 136 cm³/mol. The van der Waals surface area contributed by atoms with Gasteiger partial charge >= 0.3 is 0 Å². The summed E-state index contributed by atoms with van der Waals surface area (Å²) < 4.78 is 5.51. The van der Waals surface area contributed by atoms with Crippen LogP contribution in [-0.2, 0) is 12.8 Å². The fourth-order valence-corrected chi connectivity index (χ4v) is 4.63. The van der Waals surface area contributed by atoms with Crippen LogP contribution in [-0.4, -0.2) is 20.2 Å². The second-order valence-electron chi connectivity index (χ2n) is 8.95. The van der Waals surface area contributed by atoms with Gasteiger partial charge in [-0.1, -0.05) is 75.4 Å². The van der Waals surface area contributed by atoms with Crippen molar-refractivity contribution in [2.24, 2.45) is 0 Å². The highest BCUT2D eigenvalue weighted by Gasteiger charge is 2.22. The number of allylic oxidation sites excluding steroid dienone is 1. The average molecular weight is 426 g/mol. The molecule has 3 aromatic carbocycles. The first-order chi connectivity index (χ1) is 15.6. The zero-order valence-corrected chi connectivity index (χ0v) is 19.9. The molecule has 2 nitrogen and oxygen atoms in total. The van der Waals surface area contributed by atoms with E-state index in [1.165, 1.54) is 44.5 Å². The Morgan fingerprint density at radius 3 is 2.25 bits per heavy atom. The third kappa shape index (κ3) is 4.81. The van der Waals surface area contributed by atoms with Crippen LogP contribution in [0.5, 0.6) is 5.75 Å². The molecule has 0 bridgehead atoms. The molecule has 0 radical (unpaired) electrons. The van der Waals surface area contributed by atoms with Gasteiger partial charge in [0.05, 0.1) is 7.11 Å². The Morgan fingerprint density at radius 2 is 1.59 bits per heavy atom. The Hall–Kier alpha value is -2.84. The number of fused-ring (bicyclic) bond motifs is 1. The van der Waals surface area contributed by atoms with Crippen molar-refractivity contribution < 1.29 is 4.74 Å². The van der Waals surface area contributed by atoms with E-state index in [0.29, 0.717) is 5.92 Å². The Kier molecular flexibility index (Phi) is 7.12. The third-order valence-electron chi connectivity index (χ3n) is 6.54. The van der Waals surface area contributed by atoms with Gasteiger partial charge in [-0.05, 0) is 94.9 Å². The summed E-state index contributed by atoms with van der Waals surface area (Å²) in [4.78, 5) is 0. The van der Waals surface area contributed by atoms with Gasteiger partial charge in [0.25, 0.3) is 0 Å². The van der Waals surface area contributed by atoms with Crippen LogP contribution < -0.4 is 10.1 Å². The molecule has 3 aromatic rings. The lowest BCUT2D eigenvalue weighted by atomic mass is 9.79. The standard InChI is InChI=1S/C30H35NO/c1-5-31-19-18-22-6-8-25(9-7-22)30-28(24-12-10-23(11-13-24)21(2)3)16-14-26-20-27(32-4)15-17-29(26)30/h6-13,15,17,20-21,31H,5,14,16,18-19H2,1-4H3. The van der Waals surface area contributed by atoms with E-state index < -0.39 is 0 Å². The highest BCUT2D eigenvalue weighted by molar-refractivity contribution is 6.00. The van der Waals surface area contributed by atoms with E-state index >= 15 is 0 Å². The molecule has 166 valence electrons. The zero-order chi connectivity index (χ0) is 22.5. The van der Waals surface area contributed by atoms with Gasteiger partial charge < -0.3 is 10.1 Å². The van der Waals surface area contributed by atoms with Crippen LogP contribution in [0.4, 0.5) is 0 Å². The molecule has 0 heterocycles. The molecule has 1 N–H and O–H groups in total. The van der Waals surface area contributed by atoms with Crippen LogP contribution in [0.3, 0.4) is 0 Å². The van der Waals surface area contributed by atoms with Crippen LogP contribution >= 0.6 is 0 Å². The SMILES string of the molecule is CCNCCc1ccc(C2=C(c3ccc(C(C)C)cc3)CCc3cc(OC)ccc32)cc1. The van der Waals surface area contributed by atoms with E-state index in [4.69, 9.17) is 4.74 Å². The molecule has 0 saturated carbocycles. The number of aryl methyl sites for hydroxylation is 1. The number of hydrogen-bond acceptors (Lipinski definition) is 2. The fraction of sp³-hybridized carbons (Fsp3) is 0.333. The Bertz CT molecular complexity index is 1070. The minimum Gasteiger partial charge on any atom is -0.497 e. The molecule has 1 aliphatic rings. The number of benzene rings is 3. The van der Waals surface area contributed by atoms with E-state index in [9.17, 15) is 0 Å². The van der Waals surface area contributed by atoms with Crippen molar-refractivity contribution in [3.05, 3.63) is 100 Å². The van der Waals surface area contributed by atoms with Gasteiger partial charge in [-0.25, -0.2) is 0 Å². The second kappa shape index (κ2) is 10.2. The molecule has 0 saturated heterocycles. The summed E-state index contributed by atoms with van der Waals surface area (Å²) in [5, 5.41) is 3.42. The van der Waals surface area contributed by atoms with E-state index in [1.54, 1.807) is 7.11 Å². The second-order valence-corrected chi connectivity index (χ2v) is 8.95. The summed E-state index contributed by atoms with van der Waals surface area (Å²) in [6, 6.07) is 24.9. The van der Waals surface area contributed by atoms with Crippen LogP contribution in [0.15, 0.2) is 66.7 Å². The lowest BCUT2D eigenvalue weighted by Crippen LogP contribution is -2.16. The van der Waals surface area contributed by atoms with Crippen LogP contribution in [0.25, 0.3) is 11.1 Å². The minimum absolute atomic E-state index is 0.548. The molecular formula is C30H35NO. The summed E-state index contributed by atoms with van der Waals surface area (Å²) in [6.45, 7) is 8.70. The van der Waals surface area contributed by atoms with Crippen LogP contribution in [0.2, 0.25) is 0 Å². The average Bonchev–Trinajstić information content (AvgIpc) is 2.83. The lowest BCUT2D eigenvalue weighted by molar-refractivity contribution is 0.414. The Morgan fingerprint density at radius 1 is 0.875 bits per heavy atom. The van der Waals surface area contributed by atoms with Crippen molar-refractivity contribution in [1.29, 1.82) is 0 Å². The van der Waals surface area contributed by atoms with Gasteiger partial charge in [-0.2, -0.15) is 0 Å². The predicted octanol–water partition coefficient (Wildman–Crippen LogP) is 6.88. The molecule has 0 amide bonds. The normalized spacial score (nSPS) is 13.4. The van der Waals surface area contributed by atoms with Crippen molar-refractivity contribution in [3.63, 3.8) is 0 Å². The monoisotopic (exact) mass is 425 g/mol. The summed E-state index contributed by atoms with van der Waals surface area (Å²) in [7, 11) is 1.75.